The fourth-order valence-electron chi connectivity index (χ4n) is 7.71. The molecule has 44 heavy (non-hydrogen) atoms. The quantitative estimate of drug-likeness (QED) is 0.183. The first kappa shape index (κ1) is 33.4. The number of hydrogen-bond acceptors (Lipinski definition) is 13. The monoisotopic (exact) mass is 622 g/mol. The van der Waals surface area contributed by atoms with Crippen molar-refractivity contribution in [1.82, 2.24) is 0 Å². The summed E-state index contributed by atoms with van der Waals surface area (Å²) in [4.78, 5) is 76.5. The third kappa shape index (κ3) is 5.48. The lowest BCUT2D eigenvalue weighted by molar-refractivity contribution is -0.247. The Labute approximate surface area is 256 Å². The molecule has 13 nitrogen and oxygen atoms in total. The molecule has 0 N–H and O–H groups in total. The van der Waals surface area contributed by atoms with Crippen LogP contribution in [0.3, 0.4) is 0 Å². The van der Waals surface area contributed by atoms with Gasteiger partial charge in [0.25, 0.3) is 0 Å². The molecule has 1 spiro atoms. The van der Waals surface area contributed by atoms with Gasteiger partial charge < -0.3 is 33.2 Å². The van der Waals surface area contributed by atoms with Crippen LogP contribution in [0.15, 0.2) is 11.6 Å². The van der Waals surface area contributed by atoms with Gasteiger partial charge in [-0.25, -0.2) is 4.79 Å². The van der Waals surface area contributed by atoms with Gasteiger partial charge in [-0.3, -0.25) is 24.0 Å². The molecule has 13 heteroatoms. The highest BCUT2D eigenvalue weighted by atomic mass is 16.7. The first-order chi connectivity index (χ1) is 20.4. The number of rotatable bonds is 6. The first-order valence-electron chi connectivity index (χ1n) is 14.9. The largest absolute Gasteiger partial charge is 0.462 e. The molecule has 0 radical (unpaired) electrons. The van der Waals surface area contributed by atoms with E-state index in [1.807, 2.05) is 0 Å². The average Bonchev–Trinajstić information content (AvgIpc) is 3.49. The third-order valence-corrected chi connectivity index (χ3v) is 9.58. The Morgan fingerprint density at radius 1 is 0.864 bits per heavy atom. The number of hydrogen-bond donors (Lipinski definition) is 0. The second-order valence-corrected chi connectivity index (χ2v) is 12.6. The number of carbonyl (C=O) groups excluding carboxylic acids is 6. The Balaban J connectivity index is 2.08. The Hall–Kier alpha value is -3.48. The van der Waals surface area contributed by atoms with Gasteiger partial charge in [-0.2, -0.15) is 0 Å². The molecular formula is C31H42O13. The van der Waals surface area contributed by atoms with Crippen LogP contribution in [0.25, 0.3) is 0 Å². The van der Waals surface area contributed by atoms with E-state index in [0.717, 1.165) is 0 Å². The van der Waals surface area contributed by atoms with Crippen LogP contribution in [0, 0.1) is 17.3 Å². The molecule has 3 fully saturated rings. The van der Waals surface area contributed by atoms with Crippen LogP contribution in [0.4, 0.5) is 0 Å². The van der Waals surface area contributed by atoms with Crippen molar-refractivity contribution in [2.45, 2.75) is 129 Å². The van der Waals surface area contributed by atoms with Crippen molar-refractivity contribution in [2.75, 3.05) is 0 Å². The zero-order valence-corrected chi connectivity index (χ0v) is 26.6. The molecule has 0 bridgehead atoms. The summed E-state index contributed by atoms with van der Waals surface area (Å²) in [6.07, 6.45) is -4.86. The maximum absolute atomic E-state index is 13.2. The second kappa shape index (κ2) is 11.8. The topological polar surface area (TPSA) is 170 Å². The zero-order chi connectivity index (χ0) is 32.9. The van der Waals surface area contributed by atoms with Crippen LogP contribution in [0.1, 0.15) is 81.6 Å². The van der Waals surface area contributed by atoms with Crippen LogP contribution >= 0.6 is 0 Å². The molecule has 244 valence electrons. The van der Waals surface area contributed by atoms with Crippen molar-refractivity contribution >= 4 is 35.8 Å². The molecule has 11 atom stereocenters. The molecule has 4 rings (SSSR count). The molecule has 2 aliphatic heterocycles. The van der Waals surface area contributed by atoms with E-state index in [-0.39, 0.29) is 19.3 Å². The Bertz CT molecular complexity index is 1270. The fourth-order valence-corrected chi connectivity index (χ4v) is 7.71. The summed E-state index contributed by atoms with van der Waals surface area (Å²) in [5.41, 5.74) is -3.90. The van der Waals surface area contributed by atoms with E-state index in [4.69, 9.17) is 33.2 Å². The van der Waals surface area contributed by atoms with Crippen molar-refractivity contribution < 1.29 is 61.9 Å². The minimum Gasteiger partial charge on any atom is -0.462 e. The molecule has 2 saturated heterocycles. The molecule has 0 amide bonds. The molecule has 4 aliphatic rings. The number of epoxide rings is 1. The van der Waals surface area contributed by atoms with Gasteiger partial charge in [0, 0.05) is 58.8 Å². The number of ether oxygens (including phenoxy) is 7. The van der Waals surface area contributed by atoms with Gasteiger partial charge >= 0.3 is 35.8 Å². The van der Waals surface area contributed by atoms with Gasteiger partial charge in [-0.05, 0) is 19.9 Å². The molecule has 0 aromatic rings. The highest BCUT2D eigenvalue weighted by Crippen LogP contribution is 2.66. The van der Waals surface area contributed by atoms with Gasteiger partial charge in [0.05, 0.1) is 5.41 Å². The number of carbonyl (C=O) groups is 6. The summed E-state index contributed by atoms with van der Waals surface area (Å²) in [7, 11) is 0. The maximum atomic E-state index is 13.2. The van der Waals surface area contributed by atoms with Crippen molar-refractivity contribution in [2.24, 2.45) is 17.3 Å². The molecular weight excluding hydrogens is 580 g/mol. The zero-order valence-electron chi connectivity index (χ0n) is 26.6. The van der Waals surface area contributed by atoms with E-state index in [1.54, 1.807) is 40.7 Å². The highest BCUT2D eigenvalue weighted by Gasteiger charge is 2.87. The smallest absolute Gasteiger partial charge is 0.342 e. The lowest BCUT2D eigenvalue weighted by Crippen LogP contribution is -2.68. The van der Waals surface area contributed by atoms with Crippen LogP contribution in [0.2, 0.25) is 0 Å². The molecule has 0 aromatic carbocycles. The van der Waals surface area contributed by atoms with Gasteiger partial charge in [0.2, 0.25) is 0 Å². The van der Waals surface area contributed by atoms with E-state index >= 15 is 0 Å². The van der Waals surface area contributed by atoms with Crippen molar-refractivity contribution in [3.8, 4) is 0 Å². The maximum Gasteiger partial charge on any atom is 0.342 e. The lowest BCUT2D eigenvalue weighted by atomic mass is 9.52. The third-order valence-electron chi connectivity index (χ3n) is 9.58. The molecule has 1 saturated carbocycles. The van der Waals surface area contributed by atoms with E-state index in [0.29, 0.717) is 5.57 Å². The van der Waals surface area contributed by atoms with E-state index in [1.165, 1.54) is 27.7 Å². The molecule has 0 unspecified atom stereocenters. The summed E-state index contributed by atoms with van der Waals surface area (Å²) < 4.78 is 41.7. The average molecular weight is 623 g/mol. The Morgan fingerprint density at radius 3 is 1.95 bits per heavy atom. The SMILES string of the molecule is CCC(=O)O[C@H]1C[C@H](OC(C)=O)[C@@]2(C)[C@H]([C@H]1C)[C@@H](OC(C)=O)[C@]13O[C@@]1(C)C(=O)O[C@H]3/C=C(/C)C[C@H](OC(C)=O)[C@@H]2OC(C)=O. The van der Waals surface area contributed by atoms with Crippen molar-refractivity contribution in [3.05, 3.63) is 11.6 Å². The highest BCUT2D eigenvalue weighted by molar-refractivity contribution is 5.89. The molecule has 0 aromatic heterocycles. The molecule has 2 heterocycles. The predicted molar refractivity (Wildman–Crippen MR) is 148 cm³/mol. The number of esters is 6. The van der Waals surface area contributed by atoms with Crippen molar-refractivity contribution in [3.63, 3.8) is 0 Å². The summed E-state index contributed by atoms with van der Waals surface area (Å²) in [5.74, 6) is -5.54. The van der Waals surface area contributed by atoms with Crippen LogP contribution in [-0.2, 0) is 61.9 Å². The fraction of sp³-hybridized carbons (Fsp3) is 0.742. The van der Waals surface area contributed by atoms with Crippen LogP contribution in [-0.4, -0.2) is 83.6 Å². The summed E-state index contributed by atoms with van der Waals surface area (Å²) in [6.45, 7) is 13.2. The minimum atomic E-state index is -1.52. The summed E-state index contributed by atoms with van der Waals surface area (Å²) >= 11 is 0. The van der Waals surface area contributed by atoms with Gasteiger partial charge in [0.1, 0.15) is 30.5 Å². The Morgan fingerprint density at radius 2 is 1.43 bits per heavy atom. The number of fused-ring (bicyclic) bond motifs is 1. The van der Waals surface area contributed by atoms with Crippen molar-refractivity contribution in [1.29, 1.82) is 0 Å². The second-order valence-electron chi connectivity index (χ2n) is 12.6. The van der Waals surface area contributed by atoms with Gasteiger partial charge in [-0.15, -0.1) is 0 Å². The molecule has 2 aliphatic carbocycles. The van der Waals surface area contributed by atoms with E-state index < -0.39 is 101 Å². The van der Waals surface area contributed by atoms with Gasteiger partial charge in [-0.1, -0.05) is 26.3 Å². The lowest BCUT2D eigenvalue weighted by Gasteiger charge is -2.57. The Kier molecular flexibility index (Phi) is 8.95. The predicted octanol–water partition coefficient (Wildman–Crippen LogP) is 2.50. The summed E-state index contributed by atoms with van der Waals surface area (Å²) in [6, 6.07) is 0. The minimum absolute atomic E-state index is 0.00433. The van der Waals surface area contributed by atoms with Gasteiger partial charge in [0.15, 0.2) is 17.3 Å². The van der Waals surface area contributed by atoms with E-state index in [2.05, 4.69) is 0 Å². The normalized spacial score (nSPS) is 42.0. The van der Waals surface area contributed by atoms with Crippen LogP contribution in [0.5, 0.6) is 0 Å². The first-order valence-corrected chi connectivity index (χ1v) is 14.9. The standard InChI is InChI=1S/C31H42O13/c1-10-24(36)42-20-13-22(39-17(5)33)29(8)25(15(20)3)27(41-19(7)35)31-23(43-28(37)30(31,9)44-31)12-14(2)11-21(38-16(4)32)26(29)40-18(6)34/h12,15,20-23,25-27H,10-11,13H2,1-9H3/b14-12-/t15-,20-,21-,22-,23-,25+,26-,27+,29-,30-,31-/m0/s1. The summed E-state index contributed by atoms with van der Waals surface area (Å²) in [5, 5.41) is 0. The van der Waals surface area contributed by atoms with Crippen LogP contribution < -0.4 is 0 Å². The van der Waals surface area contributed by atoms with E-state index in [9.17, 15) is 28.8 Å².